The van der Waals surface area contributed by atoms with Crippen molar-refractivity contribution in [3.8, 4) is 5.69 Å². The first-order valence-electron chi connectivity index (χ1n) is 10.1. The summed E-state index contributed by atoms with van der Waals surface area (Å²) in [6.07, 6.45) is 9.20. The summed E-state index contributed by atoms with van der Waals surface area (Å²) in [6, 6.07) is 10.6. The van der Waals surface area contributed by atoms with Crippen LogP contribution in [0.2, 0.25) is 0 Å². The minimum absolute atomic E-state index is 0.0240. The number of aromatic nitrogens is 4. The largest absolute Gasteiger partial charge is 0.421 e. The molecule has 0 saturated carbocycles. The van der Waals surface area contributed by atoms with E-state index in [4.69, 9.17) is 9.15 Å². The van der Waals surface area contributed by atoms with Crippen molar-refractivity contribution in [2.24, 2.45) is 0 Å². The van der Waals surface area contributed by atoms with E-state index < -0.39 is 0 Å². The normalized spacial score (nSPS) is 23.3. The molecule has 28 heavy (non-hydrogen) atoms. The fourth-order valence-corrected chi connectivity index (χ4v) is 4.20. The summed E-state index contributed by atoms with van der Waals surface area (Å²) < 4.78 is 13.6. The van der Waals surface area contributed by atoms with Crippen LogP contribution < -0.4 is 0 Å². The maximum atomic E-state index is 6.05. The first-order chi connectivity index (χ1) is 13.9. The number of hydrogen-bond donors (Lipinski definition) is 0. The van der Waals surface area contributed by atoms with Crippen LogP contribution >= 0.6 is 0 Å². The second-order valence-electron chi connectivity index (χ2n) is 7.58. The Hall–Kier alpha value is -2.51. The molecule has 0 aliphatic carbocycles. The number of benzene rings is 1. The first-order valence-corrected chi connectivity index (χ1v) is 10.1. The predicted octanol–water partition coefficient (Wildman–Crippen LogP) is 3.83. The fourth-order valence-electron chi connectivity index (χ4n) is 4.20. The molecule has 2 atom stereocenters. The number of piperidine rings is 1. The SMILES string of the molecule is c1cc(CN2CCCCC2c2nnc([C@H]3CCCO3)o2)cc(-n2cccn2)c1. The second kappa shape index (κ2) is 7.85. The molecule has 5 rings (SSSR count). The van der Waals surface area contributed by atoms with Crippen molar-refractivity contribution in [1.82, 2.24) is 24.9 Å². The zero-order valence-corrected chi connectivity index (χ0v) is 15.9. The van der Waals surface area contributed by atoms with Crippen molar-refractivity contribution in [2.75, 3.05) is 13.2 Å². The molecule has 0 spiro atoms. The topological polar surface area (TPSA) is 69.2 Å². The smallest absolute Gasteiger partial charge is 0.245 e. The maximum absolute atomic E-state index is 6.05. The summed E-state index contributed by atoms with van der Waals surface area (Å²) in [7, 11) is 0. The number of likely N-dealkylation sites (tertiary alicyclic amines) is 1. The molecule has 0 N–H and O–H groups in total. The van der Waals surface area contributed by atoms with Crippen LogP contribution in [0.1, 0.15) is 61.6 Å². The molecule has 0 bridgehead atoms. The van der Waals surface area contributed by atoms with Gasteiger partial charge in [-0.15, -0.1) is 10.2 Å². The van der Waals surface area contributed by atoms with Crippen molar-refractivity contribution in [2.45, 2.75) is 50.8 Å². The lowest BCUT2D eigenvalue weighted by Gasteiger charge is -2.33. The molecule has 2 fully saturated rings. The van der Waals surface area contributed by atoms with Crippen molar-refractivity contribution >= 4 is 0 Å². The molecule has 1 aromatic carbocycles. The summed E-state index contributed by atoms with van der Waals surface area (Å²) in [5.74, 6) is 1.37. The van der Waals surface area contributed by atoms with E-state index in [2.05, 4.69) is 44.5 Å². The van der Waals surface area contributed by atoms with Gasteiger partial charge in [0.15, 0.2) is 0 Å². The number of nitrogens with zero attached hydrogens (tertiary/aromatic N) is 5. The summed E-state index contributed by atoms with van der Waals surface area (Å²) in [5.41, 5.74) is 2.34. The third-order valence-corrected chi connectivity index (χ3v) is 5.63. The van der Waals surface area contributed by atoms with Crippen molar-refractivity contribution in [1.29, 1.82) is 0 Å². The third kappa shape index (κ3) is 3.59. The highest BCUT2D eigenvalue weighted by molar-refractivity contribution is 5.35. The molecule has 1 unspecified atom stereocenters. The molecule has 0 amide bonds. The van der Waals surface area contributed by atoms with E-state index in [0.29, 0.717) is 5.89 Å². The van der Waals surface area contributed by atoms with Gasteiger partial charge in [-0.2, -0.15) is 5.10 Å². The Kier molecular flexibility index (Phi) is 4.93. The van der Waals surface area contributed by atoms with Gasteiger partial charge >= 0.3 is 0 Å². The quantitative estimate of drug-likeness (QED) is 0.671. The number of ether oxygens (including phenoxy) is 1. The van der Waals surface area contributed by atoms with Crippen LogP contribution in [0.4, 0.5) is 0 Å². The fraction of sp³-hybridized carbons (Fsp3) is 0.476. The van der Waals surface area contributed by atoms with E-state index >= 15 is 0 Å². The number of rotatable bonds is 5. The third-order valence-electron chi connectivity index (χ3n) is 5.63. The lowest BCUT2D eigenvalue weighted by Crippen LogP contribution is -2.33. The molecule has 3 aromatic rings. The van der Waals surface area contributed by atoms with E-state index in [1.54, 1.807) is 6.20 Å². The molecular weight excluding hydrogens is 354 g/mol. The Morgan fingerprint density at radius 1 is 1.04 bits per heavy atom. The van der Waals surface area contributed by atoms with Crippen molar-refractivity contribution < 1.29 is 9.15 Å². The predicted molar refractivity (Wildman–Crippen MR) is 103 cm³/mol. The highest BCUT2D eigenvalue weighted by Crippen LogP contribution is 2.34. The minimum Gasteiger partial charge on any atom is -0.421 e. The van der Waals surface area contributed by atoms with Gasteiger partial charge < -0.3 is 9.15 Å². The summed E-state index contributed by atoms with van der Waals surface area (Å²) in [6.45, 7) is 2.68. The maximum Gasteiger partial charge on any atom is 0.245 e. The highest BCUT2D eigenvalue weighted by atomic mass is 16.5. The molecule has 0 radical (unpaired) electrons. The van der Waals surface area contributed by atoms with Crippen molar-refractivity contribution in [3.63, 3.8) is 0 Å². The molecule has 146 valence electrons. The van der Waals surface area contributed by atoms with Gasteiger partial charge in [0.1, 0.15) is 6.10 Å². The first kappa shape index (κ1) is 17.6. The van der Waals surface area contributed by atoms with Crippen LogP contribution in [0.3, 0.4) is 0 Å². The van der Waals surface area contributed by atoms with Gasteiger partial charge in [-0.05, 0) is 56.0 Å². The monoisotopic (exact) mass is 379 g/mol. The molecule has 7 nitrogen and oxygen atoms in total. The van der Waals surface area contributed by atoms with Crippen LogP contribution in [0.25, 0.3) is 5.69 Å². The van der Waals surface area contributed by atoms with E-state index in [0.717, 1.165) is 50.5 Å². The average molecular weight is 379 g/mol. The minimum atomic E-state index is -0.0240. The van der Waals surface area contributed by atoms with E-state index in [-0.39, 0.29) is 12.1 Å². The van der Waals surface area contributed by atoms with E-state index in [9.17, 15) is 0 Å². The molecule has 2 aromatic heterocycles. The van der Waals surface area contributed by atoms with Crippen LogP contribution in [-0.2, 0) is 11.3 Å². The standard InChI is InChI=1S/C21H25N5O2/c1-2-11-25(15-16-6-3-7-17(14-16)26-12-5-10-22-26)18(8-1)20-23-24-21(28-20)19-9-4-13-27-19/h3,5-7,10,12,14,18-19H,1-2,4,8-9,11,13,15H2/t18?,19-/m1/s1. The van der Waals surface area contributed by atoms with Gasteiger partial charge in [-0.3, -0.25) is 4.90 Å². The lowest BCUT2D eigenvalue weighted by atomic mass is 10.0. The van der Waals surface area contributed by atoms with Crippen LogP contribution in [0.15, 0.2) is 47.1 Å². The van der Waals surface area contributed by atoms with Gasteiger partial charge in [0.25, 0.3) is 0 Å². The Morgan fingerprint density at radius 3 is 2.86 bits per heavy atom. The molecule has 4 heterocycles. The molecule has 2 aliphatic rings. The van der Waals surface area contributed by atoms with Gasteiger partial charge in [-0.25, -0.2) is 4.68 Å². The van der Waals surface area contributed by atoms with E-state index in [1.165, 1.54) is 18.4 Å². The van der Waals surface area contributed by atoms with Gasteiger partial charge in [-0.1, -0.05) is 18.6 Å². The highest BCUT2D eigenvalue weighted by Gasteiger charge is 2.31. The van der Waals surface area contributed by atoms with E-state index in [1.807, 2.05) is 16.9 Å². The van der Waals surface area contributed by atoms with Gasteiger partial charge in [0.05, 0.1) is 11.7 Å². The summed E-state index contributed by atoms with van der Waals surface area (Å²) >= 11 is 0. The van der Waals surface area contributed by atoms with Crippen molar-refractivity contribution in [3.05, 3.63) is 60.1 Å². The molecule has 7 heteroatoms. The van der Waals surface area contributed by atoms with Crippen LogP contribution in [-0.4, -0.2) is 38.0 Å². The summed E-state index contributed by atoms with van der Waals surface area (Å²) in [4.78, 5) is 2.46. The Labute approximate surface area is 164 Å². The van der Waals surface area contributed by atoms with Gasteiger partial charge in [0, 0.05) is 25.5 Å². The summed E-state index contributed by atoms with van der Waals surface area (Å²) in [5, 5.41) is 13.0. The lowest BCUT2D eigenvalue weighted by molar-refractivity contribution is 0.0795. The zero-order chi connectivity index (χ0) is 18.8. The molecule has 2 saturated heterocycles. The Morgan fingerprint density at radius 2 is 2.00 bits per heavy atom. The second-order valence-corrected chi connectivity index (χ2v) is 7.58. The van der Waals surface area contributed by atoms with Crippen LogP contribution in [0.5, 0.6) is 0 Å². The molecule has 2 aliphatic heterocycles. The average Bonchev–Trinajstić information content (AvgIpc) is 3.51. The Balaban J connectivity index is 1.34. The zero-order valence-electron chi connectivity index (χ0n) is 15.9. The number of hydrogen-bond acceptors (Lipinski definition) is 6. The van der Waals surface area contributed by atoms with Crippen LogP contribution in [0, 0.1) is 0 Å². The molecular formula is C21H25N5O2. The van der Waals surface area contributed by atoms with Gasteiger partial charge in [0.2, 0.25) is 11.8 Å². The Bertz CT molecular complexity index is 901.